The molecule has 1 heterocycles. The van der Waals surface area contributed by atoms with Crippen molar-refractivity contribution in [2.24, 2.45) is 0 Å². The monoisotopic (exact) mass is 314 g/mol. The van der Waals surface area contributed by atoms with E-state index in [1.165, 1.54) is 6.08 Å². The Morgan fingerprint density at radius 1 is 1.26 bits per heavy atom. The highest BCUT2D eigenvalue weighted by Gasteiger charge is 2.25. The van der Waals surface area contributed by atoms with Crippen LogP contribution in [0.5, 0.6) is 0 Å². The van der Waals surface area contributed by atoms with E-state index in [9.17, 15) is 15.0 Å². The zero-order valence-corrected chi connectivity index (χ0v) is 13.3. The molecule has 0 bridgehead atoms. The maximum Gasteiger partial charge on any atom is 0.223 e. The van der Waals surface area contributed by atoms with Gasteiger partial charge >= 0.3 is 0 Å². The van der Waals surface area contributed by atoms with Gasteiger partial charge in [-0.2, -0.15) is 0 Å². The van der Waals surface area contributed by atoms with Gasteiger partial charge in [0.05, 0.1) is 12.1 Å². The summed E-state index contributed by atoms with van der Waals surface area (Å²) in [7, 11) is 0. The molecule has 4 nitrogen and oxygen atoms in total. The van der Waals surface area contributed by atoms with Crippen LogP contribution in [-0.4, -0.2) is 41.2 Å². The highest BCUT2D eigenvalue weighted by molar-refractivity contribution is 5.77. The molecule has 1 saturated heterocycles. The van der Waals surface area contributed by atoms with Crippen molar-refractivity contribution in [3.05, 3.63) is 60.2 Å². The number of piperidine rings is 1. The zero-order valence-electron chi connectivity index (χ0n) is 13.3. The average Bonchev–Trinajstić information content (AvgIpc) is 2.56. The fourth-order valence-corrected chi connectivity index (χ4v) is 2.82. The molecule has 0 spiro atoms. The Morgan fingerprint density at radius 2 is 2.04 bits per heavy atom. The quantitative estimate of drug-likeness (QED) is 0.786. The molecule has 1 aliphatic rings. The lowest BCUT2D eigenvalue weighted by Crippen LogP contribution is -2.42. The van der Waals surface area contributed by atoms with Crippen molar-refractivity contribution >= 4 is 5.91 Å². The highest BCUT2D eigenvalue weighted by atomic mass is 16.3. The maximum atomic E-state index is 12.1. The number of nitrogens with zero attached hydrogens (tertiary/aromatic N) is 1. The summed E-state index contributed by atoms with van der Waals surface area (Å²) < 4.78 is 0. The highest BCUT2D eigenvalue weighted by Crippen LogP contribution is 2.19. The summed E-state index contributed by atoms with van der Waals surface area (Å²) in [4.78, 5) is 13.8. The number of benzene rings is 1. The van der Waals surface area contributed by atoms with E-state index in [0.717, 1.165) is 18.4 Å². The van der Waals surface area contributed by atoms with E-state index in [-0.39, 0.29) is 18.6 Å². The molecule has 1 N–H and O–H groups in total. The van der Waals surface area contributed by atoms with E-state index in [4.69, 9.17) is 0 Å². The van der Waals surface area contributed by atoms with Gasteiger partial charge in [0.25, 0.3) is 0 Å². The Balaban J connectivity index is 1.94. The van der Waals surface area contributed by atoms with Crippen molar-refractivity contribution < 1.29 is 15.0 Å². The molecule has 0 aliphatic carbocycles. The summed E-state index contributed by atoms with van der Waals surface area (Å²) in [5, 5.41) is 20.6. The molecule has 2 rings (SSSR count). The maximum absolute atomic E-state index is 12.1. The lowest BCUT2D eigenvalue weighted by Gasteiger charge is -2.33. The van der Waals surface area contributed by atoms with Gasteiger partial charge in [-0.25, -0.2) is 5.11 Å². The molecule has 1 aliphatic heterocycles. The van der Waals surface area contributed by atoms with Crippen molar-refractivity contribution in [2.75, 3.05) is 13.2 Å². The molecular weight excluding hydrogens is 290 g/mol. The van der Waals surface area contributed by atoms with Crippen molar-refractivity contribution in [1.29, 1.82) is 0 Å². The number of rotatable bonds is 7. The van der Waals surface area contributed by atoms with Crippen LogP contribution < -0.4 is 0 Å². The Kier molecular flexibility index (Phi) is 7.04. The molecular formula is C19H24NO3. The Hall–Kier alpha value is -1.91. The van der Waals surface area contributed by atoms with E-state index in [1.807, 2.05) is 36.4 Å². The van der Waals surface area contributed by atoms with Crippen LogP contribution in [0.1, 0.15) is 24.8 Å². The number of carbonyl (C=O) groups is 1. The standard InChI is InChI=1S/C19H24NO3/c21-14-5-4-13-20-17(9-6-10-19(20)23)11-12-18(22)15-16-7-2-1-3-8-16/h1-5,7-8,11-12,17-18,22H,6,9-10,13-15H2/b5-4-,12-11+/t17?,18-/m0/s1. The van der Waals surface area contributed by atoms with Crippen molar-refractivity contribution in [3.63, 3.8) is 0 Å². The first-order valence-electron chi connectivity index (χ1n) is 8.13. The van der Waals surface area contributed by atoms with E-state index in [1.54, 1.807) is 17.1 Å². The summed E-state index contributed by atoms with van der Waals surface area (Å²) in [6.07, 6.45) is 9.31. The normalized spacial score (nSPS) is 20.5. The van der Waals surface area contributed by atoms with E-state index >= 15 is 0 Å². The van der Waals surface area contributed by atoms with Crippen LogP contribution in [0, 0.1) is 0 Å². The number of aliphatic hydroxyl groups is 1. The minimum absolute atomic E-state index is 0.00187. The summed E-state index contributed by atoms with van der Waals surface area (Å²) in [6, 6.07) is 9.83. The fourth-order valence-electron chi connectivity index (χ4n) is 2.82. The molecule has 0 aromatic heterocycles. The second-order valence-corrected chi connectivity index (χ2v) is 5.79. The van der Waals surface area contributed by atoms with Gasteiger partial charge in [-0.1, -0.05) is 54.6 Å². The minimum Gasteiger partial charge on any atom is -0.389 e. The van der Waals surface area contributed by atoms with Gasteiger partial charge in [-0.3, -0.25) is 4.79 Å². The van der Waals surface area contributed by atoms with Gasteiger partial charge in [0.2, 0.25) is 5.91 Å². The average molecular weight is 314 g/mol. The van der Waals surface area contributed by atoms with E-state index in [0.29, 0.717) is 19.4 Å². The van der Waals surface area contributed by atoms with Gasteiger partial charge < -0.3 is 10.0 Å². The van der Waals surface area contributed by atoms with Crippen LogP contribution in [0.25, 0.3) is 0 Å². The Morgan fingerprint density at radius 3 is 2.78 bits per heavy atom. The number of likely N-dealkylation sites (tertiary alicyclic amines) is 1. The van der Waals surface area contributed by atoms with Crippen molar-refractivity contribution in [2.45, 2.75) is 37.8 Å². The third-order valence-electron chi connectivity index (χ3n) is 4.02. The molecule has 123 valence electrons. The second kappa shape index (κ2) is 9.28. The first-order chi connectivity index (χ1) is 11.2. The molecule has 23 heavy (non-hydrogen) atoms. The molecule has 0 saturated carbocycles. The van der Waals surface area contributed by atoms with Crippen LogP contribution >= 0.6 is 0 Å². The lowest BCUT2D eigenvalue weighted by molar-refractivity contribution is -0.134. The third kappa shape index (κ3) is 5.66. The van der Waals surface area contributed by atoms with Crippen LogP contribution in [0.2, 0.25) is 0 Å². The van der Waals surface area contributed by atoms with Gasteiger partial charge in [-0.15, -0.1) is 0 Å². The third-order valence-corrected chi connectivity index (χ3v) is 4.02. The minimum atomic E-state index is -0.562. The van der Waals surface area contributed by atoms with Gasteiger partial charge in [0.1, 0.15) is 6.61 Å². The Bertz CT molecular complexity index is 539. The largest absolute Gasteiger partial charge is 0.389 e. The van der Waals surface area contributed by atoms with Crippen LogP contribution in [-0.2, 0) is 16.3 Å². The number of amides is 1. The second-order valence-electron chi connectivity index (χ2n) is 5.79. The van der Waals surface area contributed by atoms with Crippen LogP contribution in [0.3, 0.4) is 0 Å². The number of aliphatic hydroxyl groups excluding tert-OH is 1. The number of carbonyl (C=O) groups excluding carboxylic acids is 1. The zero-order chi connectivity index (χ0) is 16.5. The Labute approximate surface area is 137 Å². The van der Waals surface area contributed by atoms with Crippen molar-refractivity contribution in [1.82, 2.24) is 4.90 Å². The predicted molar refractivity (Wildman–Crippen MR) is 89.3 cm³/mol. The molecule has 4 heteroatoms. The number of hydrogen-bond acceptors (Lipinski definition) is 2. The predicted octanol–water partition coefficient (Wildman–Crippen LogP) is 2.51. The first-order valence-corrected chi connectivity index (χ1v) is 8.13. The summed E-state index contributed by atoms with van der Waals surface area (Å²) in [5.41, 5.74) is 1.08. The summed E-state index contributed by atoms with van der Waals surface area (Å²) >= 11 is 0. The molecule has 1 aromatic carbocycles. The van der Waals surface area contributed by atoms with Gasteiger partial charge in [-0.05, 0) is 18.4 Å². The van der Waals surface area contributed by atoms with Crippen LogP contribution in [0.15, 0.2) is 54.6 Å². The molecule has 1 aromatic rings. The smallest absolute Gasteiger partial charge is 0.223 e. The number of hydrogen-bond donors (Lipinski definition) is 1. The molecule has 2 atom stereocenters. The fraction of sp³-hybridized carbons (Fsp3) is 0.421. The summed E-state index contributed by atoms with van der Waals surface area (Å²) in [5.74, 6) is 0.110. The molecule has 1 unspecified atom stereocenters. The lowest BCUT2D eigenvalue weighted by atomic mass is 9.99. The SMILES string of the molecule is [O]C/C=C\CN1C(=O)CCCC1/C=C/[C@H](O)Cc1ccccc1. The molecule has 1 fully saturated rings. The van der Waals surface area contributed by atoms with E-state index in [2.05, 4.69) is 0 Å². The van der Waals surface area contributed by atoms with E-state index < -0.39 is 6.10 Å². The van der Waals surface area contributed by atoms with Gasteiger partial charge in [0.15, 0.2) is 0 Å². The molecule has 1 radical (unpaired) electrons. The topological polar surface area (TPSA) is 60.4 Å². The van der Waals surface area contributed by atoms with Crippen LogP contribution in [0.4, 0.5) is 0 Å². The van der Waals surface area contributed by atoms with Gasteiger partial charge in [0, 0.05) is 19.4 Å². The first kappa shape index (κ1) is 17.4. The summed E-state index contributed by atoms with van der Waals surface area (Å²) in [6.45, 7) is 0.198. The molecule has 1 amide bonds. The van der Waals surface area contributed by atoms with Crippen molar-refractivity contribution in [3.8, 4) is 0 Å².